The minimum absolute atomic E-state index is 0.257. The molecule has 27 heavy (non-hydrogen) atoms. The maximum absolute atomic E-state index is 9.61. The fourth-order valence-electron chi connectivity index (χ4n) is 4.51. The molecule has 1 aromatic carbocycles. The molecule has 6 heteroatoms. The molecule has 0 amide bonds. The van der Waals surface area contributed by atoms with Gasteiger partial charge in [0.25, 0.3) is 0 Å². The summed E-state index contributed by atoms with van der Waals surface area (Å²) in [5, 5.41) is 9.61. The molecule has 0 radical (unpaired) electrons. The van der Waals surface area contributed by atoms with E-state index in [4.69, 9.17) is 9.47 Å². The Labute approximate surface area is 163 Å². The van der Waals surface area contributed by atoms with E-state index in [-0.39, 0.29) is 6.61 Å². The van der Waals surface area contributed by atoms with Crippen molar-refractivity contribution in [1.82, 2.24) is 14.7 Å². The van der Waals surface area contributed by atoms with Crippen LogP contribution >= 0.6 is 0 Å². The van der Waals surface area contributed by atoms with Gasteiger partial charge in [-0.1, -0.05) is 6.07 Å². The second-order valence-corrected chi connectivity index (χ2v) is 7.85. The van der Waals surface area contributed by atoms with E-state index in [1.54, 1.807) is 14.2 Å². The van der Waals surface area contributed by atoms with Crippen LogP contribution in [0.15, 0.2) is 18.2 Å². The second-order valence-electron chi connectivity index (χ2n) is 7.85. The summed E-state index contributed by atoms with van der Waals surface area (Å²) in [6.07, 6.45) is 3.33. The zero-order chi connectivity index (χ0) is 19.2. The Morgan fingerprint density at radius 3 is 2.52 bits per heavy atom. The van der Waals surface area contributed by atoms with Crippen LogP contribution in [-0.2, 0) is 6.54 Å². The molecule has 3 rings (SSSR count). The lowest BCUT2D eigenvalue weighted by Gasteiger charge is -2.47. The predicted octanol–water partition coefficient (Wildman–Crippen LogP) is 1.67. The van der Waals surface area contributed by atoms with Gasteiger partial charge in [0.1, 0.15) is 11.5 Å². The van der Waals surface area contributed by atoms with Gasteiger partial charge in [0.15, 0.2) is 0 Å². The van der Waals surface area contributed by atoms with Crippen LogP contribution in [0, 0.1) is 0 Å². The summed E-state index contributed by atoms with van der Waals surface area (Å²) in [4.78, 5) is 7.59. The number of rotatable bonds is 7. The van der Waals surface area contributed by atoms with E-state index >= 15 is 0 Å². The fourth-order valence-corrected chi connectivity index (χ4v) is 4.51. The monoisotopic (exact) mass is 377 g/mol. The fraction of sp³-hybridized carbons (Fsp3) is 0.714. The Morgan fingerprint density at radius 1 is 1.07 bits per heavy atom. The molecule has 0 unspecified atom stereocenters. The number of ether oxygens (including phenoxy) is 2. The van der Waals surface area contributed by atoms with Crippen LogP contribution < -0.4 is 9.47 Å². The van der Waals surface area contributed by atoms with Gasteiger partial charge in [-0.2, -0.15) is 0 Å². The van der Waals surface area contributed by atoms with E-state index in [1.165, 1.54) is 31.5 Å². The Bertz CT molecular complexity index is 590. The molecular weight excluding hydrogens is 342 g/mol. The van der Waals surface area contributed by atoms with Crippen molar-refractivity contribution in [3.63, 3.8) is 0 Å². The zero-order valence-corrected chi connectivity index (χ0v) is 17.1. The lowest BCUT2D eigenvalue weighted by atomic mass is 9.98. The molecule has 1 atom stereocenters. The molecule has 0 saturated carbocycles. The third-order valence-corrected chi connectivity index (χ3v) is 6.12. The minimum Gasteiger partial charge on any atom is -0.497 e. The van der Waals surface area contributed by atoms with Gasteiger partial charge >= 0.3 is 0 Å². The number of hydrogen-bond donors (Lipinski definition) is 1. The molecule has 1 N–H and O–H groups in total. The van der Waals surface area contributed by atoms with Crippen molar-refractivity contribution in [2.75, 3.05) is 60.6 Å². The van der Waals surface area contributed by atoms with Crippen LogP contribution in [0.25, 0.3) is 0 Å². The van der Waals surface area contributed by atoms with Gasteiger partial charge in [-0.05, 0) is 45.5 Å². The normalized spacial score (nSPS) is 23.5. The summed E-state index contributed by atoms with van der Waals surface area (Å²) in [6, 6.07) is 7.15. The van der Waals surface area contributed by atoms with Crippen molar-refractivity contribution < 1.29 is 14.6 Å². The van der Waals surface area contributed by atoms with Crippen LogP contribution in [0.5, 0.6) is 11.5 Å². The highest BCUT2D eigenvalue weighted by Crippen LogP contribution is 2.28. The minimum atomic E-state index is 0.257. The molecule has 2 saturated heterocycles. The standard InChI is InChI=1S/C21H35N3O3/c1-22-9-6-18(7-10-22)24-12-11-23(16-19(24)8-13-25)15-17-4-5-20(26-2)14-21(17)27-3/h4-5,14,18-19,25H,6-13,15-16H2,1-3H3/t19-/m0/s1. The number of nitrogens with zero attached hydrogens (tertiary/aromatic N) is 3. The number of piperazine rings is 1. The van der Waals surface area contributed by atoms with Crippen LogP contribution in [0.4, 0.5) is 0 Å². The molecule has 0 spiro atoms. The van der Waals surface area contributed by atoms with Crippen LogP contribution in [-0.4, -0.2) is 92.5 Å². The molecule has 0 aliphatic carbocycles. The number of piperidine rings is 1. The highest BCUT2D eigenvalue weighted by atomic mass is 16.5. The van der Waals surface area contributed by atoms with Crippen molar-refractivity contribution in [2.45, 2.75) is 37.9 Å². The smallest absolute Gasteiger partial charge is 0.127 e. The molecule has 1 aromatic rings. The number of aliphatic hydroxyl groups is 1. The lowest BCUT2D eigenvalue weighted by Crippen LogP contribution is -2.58. The first kappa shape index (κ1) is 20.4. The summed E-state index contributed by atoms with van der Waals surface area (Å²) >= 11 is 0. The first-order chi connectivity index (χ1) is 13.1. The molecule has 6 nitrogen and oxygen atoms in total. The SMILES string of the molecule is COc1ccc(CN2CCN(C3CCN(C)CC3)[C@@H](CCO)C2)c(OC)c1. The molecule has 2 aliphatic heterocycles. The Morgan fingerprint density at radius 2 is 1.85 bits per heavy atom. The Hall–Kier alpha value is -1.34. The van der Waals surface area contributed by atoms with Crippen LogP contribution in [0.1, 0.15) is 24.8 Å². The quantitative estimate of drug-likeness (QED) is 0.780. The van der Waals surface area contributed by atoms with Gasteiger partial charge < -0.3 is 19.5 Å². The number of aliphatic hydroxyl groups excluding tert-OH is 1. The number of likely N-dealkylation sites (tertiary alicyclic amines) is 1. The first-order valence-electron chi connectivity index (χ1n) is 10.1. The van der Waals surface area contributed by atoms with Gasteiger partial charge in [-0.25, -0.2) is 0 Å². The van der Waals surface area contributed by atoms with E-state index in [2.05, 4.69) is 27.8 Å². The molecule has 0 aromatic heterocycles. The van der Waals surface area contributed by atoms with Crippen molar-refractivity contribution in [3.05, 3.63) is 23.8 Å². The van der Waals surface area contributed by atoms with Crippen molar-refractivity contribution in [1.29, 1.82) is 0 Å². The van der Waals surface area contributed by atoms with Crippen molar-refractivity contribution in [2.24, 2.45) is 0 Å². The zero-order valence-electron chi connectivity index (χ0n) is 17.1. The summed E-state index contributed by atoms with van der Waals surface area (Å²) in [6.45, 7) is 6.63. The second kappa shape index (κ2) is 9.73. The average Bonchev–Trinajstić information content (AvgIpc) is 2.69. The molecule has 2 fully saturated rings. The number of benzene rings is 1. The van der Waals surface area contributed by atoms with E-state index < -0.39 is 0 Å². The number of hydrogen-bond acceptors (Lipinski definition) is 6. The van der Waals surface area contributed by atoms with Crippen LogP contribution in [0.3, 0.4) is 0 Å². The first-order valence-corrected chi connectivity index (χ1v) is 10.1. The highest BCUT2D eigenvalue weighted by molar-refractivity contribution is 5.40. The highest BCUT2D eigenvalue weighted by Gasteiger charge is 2.33. The van der Waals surface area contributed by atoms with E-state index in [9.17, 15) is 5.11 Å². The average molecular weight is 378 g/mol. The summed E-state index contributed by atoms with van der Waals surface area (Å²) in [5.41, 5.74) is 1.19. The maximum atomic E-state index is 9.61. The Balaban J connectivity index is 1.64. The van der Waals surface area contributed by atoms with Gasteiger partial charge in [0, 0.05) is 56.5 Å². The molecule has 2 heterocycles. The lowest BCUT2D eigenvalue weighted by molar-refractivity contribution is 0.00581. The third kappa shape index (κ3) is 5.13. The molecule has 0 bridgehead atoms. The third-order valence-electron chi connectivity index (χ3n) is 6.12. The van der Waals surface area contributed by atoms with Crippen molar-refractivity contribution in [3.8, 4) is 11.5 Å². The van der Waals surface area contributed by atoms with E-state index in [0.717, 1.165) is 44.1 Å². The van der Waals surface area contributed by atoms with E-state index in [0.29, 0.717) is 12.1 Å². The maximum Gasteiger partial charge on any atom is 0.127 e. The van der Waals surface area contributed by atoms with Gasteiger partial charge in [0.05, 0.1) is 14.2 Å². The summed E-state index contributed by atoms with van der Waals surface area (Å²) < 4.78 is 10.9. The van der Waals surface area contributed by atoms with Crippen LogP contribution in [0.2, 0.25) is 0 Å². The summed E-state index contributed by atoms with van der Waals surface area (Å²) in [5.74, 6) is 1.70. The summed E-state index contributed by atoms with van der Waals surface area (Å²) in [7, 11) is 5.60. The molecule has 2 aliphatic rings. The van der Waals surface area contributed by atoms with Gasteiger partial charge in [-0.3, -0.25) is 9.80 Å². The molecular formula is C21H35N3O3. The Kier molecular flexibility index (Phi) is 7.35. The van der Waals surface area contributed by atoms with Gasteiger partial charge in [0.2, 0.25) is 0 Å². The number of methoxy groups -OCH3 is 2. The topological polar surface area (TPSA) is 48.4 Å². The van der Waals surface area contributed by atoms with Crippen molar-refractivity contribution >= 4 is 0 Å². The van der Waals surface area contributed by atoms with Gasteiger partial charge in [-0.15, -0.1) is 0 Å². The predicted molar refractivity (Wildman–Crippen MR) is 108 cm³/mol. The largest absolute Gasteiger partial charge is 0.497 e. The van der Waals surface area contributed by atoms with E-state index in [1.807, 2.05) is 12.1 Å². The molecule has 152 valence electrons.